The molecule has 0 radical (unpaired) electrons. The molecule has 0 amide bonds. The van der Waals surface area contributed by atoms with Gasteiger partial charge in [-0.05, 0) is 140 Å². The van der Waals surface area contributed by atoms with Gasteiger partial charge in [0.25, 0.3) is 3.57 Å². The molecular weight excluding hydrogens is 1840 g/mol. The van der Waals surface area contributed by atoms with Crippen molar-refractivity contribution in [1.29, 1.82) is 0 Å². The third kappa shape index (κ3) is 35.8. The number of H-pyrrole nitrogens is 4. The number of rotatable bonds is 30. The summed E-state index contributed by atoms with van der Waals surface area (Å²) in [5, 5.41) is 16.8. The van der Waals surface area contributed by atoms with E-state index in [0.717, 1.165) is 93.4 Å². The number of nitrogens with one attached hydrogen (secondary N) is 4. The van der Waals surface area contributed by atoms with Gasteiger partial charge in [0.2, 0.25) is 4.77 Å². The molecule has 30 heteroatoms. The molecule has 0 aliphatic rings. The number of fused-ring (bicyclic) bond motifs is 2. The summed E-state index contributed by atoms with van der Waals surface area (Å²) in [5.41, 5.74) is 11.8. The van der Waals surface area contributed by atoms with Crippen molar-refractivity contribution in [2.75, 3.05) is 33.7 Å². The van der Waals surface area contributed by atoms with Gasteiger partial charge in [-0.1, -0.05) is 326 Å². The summed E-state index contributed by atoms with van der Waals surface area (Å²) in [6, 6.07) is 102. The second-order valence-corrected chi connectivity index (χ2v) is 36.6. The van der Waals surface area contributed by atoms with Crippen LogP contribution < -0.4 is 91.6 Å². The quantitative estimate of drug-likeness (QED) is 0.00556. The van der Waals surface area contributed by atoms with Crippen molar-refractivity contribution in [1.82, 2.24) is 49.5 Å². The van der Waals surface area contributed by atoms with Crippen molar-refractivity contribution in [3.05, 3.63) is 323 Å². The van der Waals surface area contributed by atoms with Crippen LogP contribution in [0, 0.1) is 25.4 Å². The predicted octanol–water partition coefficient (Wildman–Crippen LogP) is 21.0. The molecule has 0 atom stereocenters. The van der Waals surface area contributed by atoms with Crippen molar-refractivity contribution in [3.63, 3.8) is 0 Å². The number of hydrogen-bond donors (Lipinski definition) is 5. The van der Waals surface area contributed by atoms with E-state index in [1.807, 2.05) is 144 Å². The third-order valence-electron chi connectivity index (χ3n) is 19.5. The van der Waals surface area contributed by atoms with Gasteiger partial charge in [-0.25, -0.2) is 4.68 Å². The molecule has 0 saturated carbocycles. The molecule has 656 valence electrons. The van der Waals surface area contributed by atoms with Crippen LogP contribution in [-0.2, 0) is 7.05 Å². The van der Waals surface area contributed by atoms with E-state index in [4.69, 9.17) is 67.8 Å². The van der Waals surface area contributed by atoms with Crippen LogP contribution in [0.25, 0.3) is 44.0 Å². The molecule has 4 heterocycles. The molecule has 15 aromatic rings. The Morgan fingerprint density at radius 2 is 0.880 bits per heavy atom. The molecule has 15 rings (SSSR count). The average molecular weight is 1950 g/mol. The van der Waals surface area contributed by atoms with Crippen LogP contribution in [0.5, 0.6) is 23.0 Å². The van der Waals surface area contributed by atoms with Gasteiger partial charge >= 0.3 is 83.8 Å². The zero-order chi connectivity index (χ0) is 88.9. The maximum atomic E-state index is 9.87. The van der Waals surface area contributed by atoms with Crippen LogP contribution >= 0.6 is 80.6 Å². The van der Waals surface area contributed by atoms with Gasteiger partial charge in [0, 0.05) is 30.4 Å². The Morgan fingerprint density at radius 1 is 0.464 bits per heavy atom. The molecule has 0 aliphatic heterocycles. The summed E-state index contributed by atoms with van der Waals surface area (Å²) in [6.45, 7) is 5.31. The molecule has 0 saturated heterocycles. The normalized spacial score (nSPS) is 11.2. The van der Waals surface area contributed by atoms with Gasteiger partial charge in [-0.3, -0.25) is 9.67 Å². The minimum absolute atomic E-state index is 0. The number of tetrazole rings is 1. The summed E-state index contributed by atoms with van der Waals surface area (Å²) in [7, 11) is -3.75. The van der Waals surface area contributed by atoms with Gasteiger partial charge in [-0.2, -0.15) is 44.8 Å². The van der Waals surface area contributed by atoms with E-state index in [2.05, 4.69) is 232 Å². The number of hydrogen-bond acceptors (Lipinski definition) is 13. The van der Waals surface area contributed by atoms with E-state index >= 15 is 0 Å². The van der Waals surface area contributed by atoms with Crippen LogP contribution in [0.1, 0.15) is 117 Å². The molecule has 4 N–H and O–H groups in total. The van der Waals surface area contributed by atoms with Gasteiger partial charge in [0.05, 0.1) is 54.9 Å². The van der Waals surface area contributed by atoms with Gasteiger partial charge in [0.1, 0.15) is 17.6 Å². The number of halogens is 7. The Hall–Kier alpha value is -8.78. The fraction of sp³-hybridized carbons (Fsp3) is 0.253. The Balaban J connectivity index is 0.000000203. The maximum absolute atomic E-state index is 10.7. The number of benzene rings is 11. The standard InChI is InChI=1S/C24H20B.C23H32IO4.C13H10N2S.C12H26S.C9H9N3S.C7H6N4S.C7H5NS2.F6P.Na/c1-5-13-21(14-6-1)25(22-15-7-2-8-16-22,23-17-9-3-10-18-23)24-19-11-4-12-20-24;1-5-6-7-8-9-10-15-28-19-13-11-18(12-14-19)24-23-21(26-3)16-20(25-2)17-22(23)27-4;16-13-14-11-8-4-5-9-12(11)15(13)10-6-2-1-3-7-10;1-2-3-4-5-6-7-8-9-10-11-12-13;1-12-8(10-11-9(12)13)7-5-3-2-4-6-7;12-7-8-9-10-11(7)6-4-2-1-3-5-6;9-7-8-5-3-1-2-4-6(5)10-7;1-7(2,3,4,5)6;/h1-20H;11-14,16-17H,5-10,15H2,1-4H3;1-9H,(H,14,16);13H,2-12H2,1H3;2-6H,1H3,(H,11,13);1-5H,(H,8,10,12);1-4H,(H,8,9);;/q-1;+1;;;;;;-1;+1. The molecule has 0 spiro atoms. The van der Waals surface area contributed by atoms with Crippen molar-refractivity contribution >= 4 is 130 Å². The molecule has 0 unspecified atom stereocenters. The van der Waals surface area contributed by atoms with Crippen molar-refractivity contribution in [3.8, 4) is 45.8 Å². The summed E-state index contributed by atoms with van der Waals surface area (Å²) in [6.07, 6.45) is 20.6. The number of thiazole rings is 1. The molecule has 0 aliphatic carbocycles. The fourth-order valence-corrected chi connectivity index (χ4v) is 18.1. The van der Waals surface area contributed by atoms with Crippen LogP contribution in [0.2, 0.25) is 0 Å². The minimum Gasteiger partial charge on any atom is -0.337 e. The zero-order valence-electron chi connectivity index (χ0n) is 71.5. The maximum Gasteiger partial charge on any atom is 1.00 e. The molecule has 0 bridgehead atoms. The number of aromatic nitrogens is 10. The first-order valence-corrected chi connectivity index (χ1v) is 48.4. The number of unbranched alkanes of at least 4 members (excludes halogenated alkanes) is 14. The van der Waals surface area contributed by atoms with E-state index in [9.17, 15) is 25.2 Å². The summed E-state index contributed by atoms with van der Waals surface area (Å²) >= 11 is 25.6. The number of ether oxygens (including phenoxy) is 4. The Bertz CT molecular complexity index is 5560. The zero-order valence-corrected chi connectivity index (χ0v) is 81.5. The largest absolute Gasteiger partial charge is 1.00 e. The Morgan fingerprint density at radius 3 is 1.30 bits per heavy atom. The molecule has 14 nitrogen and oxygen atoms in total. The number of para-hydroxylation sites is 5. The van der Waals surface area contributed by atoms with E-state index in [1.165, 1.54) is 126 Å². The average Bonchev–Trinajstić information content (AvgIpc) is 1.59. The number of aromatic amines is 4. The van der Waals surface area contributed by atoms with Crippen molar-refractivity contribution in [2.45, 2.75) is 117 Å². The molecule has 4 aromatic heterocycles. The van der Waals surface area contributed by atoms with E-state index in [1.54, 1.807) is 37.3 Å². The molecule has 125 heavy (non-hydrogen) atoms. The van der Waals surface area contributed by atoms with E-state index in [0.29, 0.717) is 9.54 Å². The Kier molecular flexibility index (Phi) is 44.4. The SMILES string of the molecule is CCCCCCCCCCCCS.CCCCCCCCOc1ccc([I+]c2c(OC)cc(OC)cc2OC)cc1.Cn1c(-c2ccccc2)n[nH]c1=S.F[P-](F)(F)(F)(F)F.S=c1[nH]c2ccccc2n1-c1ccccc1.S=c1[nH]c2ccccc2s1.S=c1nn[nH]n1-c1ccccc1.[Na+].c1ccc([B-](c2ccccc2)(c2ccccc2)c2ccccc2)cc1. The van der Waals surface area contributed by atoms with Crippen LogP contribution in [0.4, 0.5) is 25.2 Å². The summed E-state index contributed by atoms with van der Waals surface area (Å²) < 4.78 is 93.4. The second kappa shape index (κ2) is 53.8. The van der Waals surface area contributed by atoms with Crippen molar-refractivity contribution in [2.24, 2.45) is 7.05 Å². The summed E-state index contributed by atoms with van der Waals surface area (Å²) in [5.74, 6) is 5.23. The number of nitrogens with zero attached hydrogens (tertiary/aromatic N) is 6. The number of imidazole rings is 1. The second-order valence-electron chi connectivity index (χ2n) is 28.5. The van der Waals surface area contributed by atoms with E-state index in [-0.39, 0.29) is 29.6 Å². The molecule has 11 aromatic carbocycles. The monoisotopic (exact) mass is 1950 g/mol. The summed E-state index contributed by atoms with van der Waals surface area (Å²) in [4.78, 5) is 6.30. The van der Waals surface area contributed by atoms with Gasteiger partial charge < -0.3 is 33.5 Å². The smallest absolute Gasteiger partial charge is 0.337 e. The fourth-order valence-electron chi connectivity index (χ4n) is 13.5. The van der Waals surface area contributed by atoms with Gasteiger partial charge in [-0.15, -0.1) is 11.3 Å². The number of thiol groups is 1. The number of methoxy groups -OCH3 is 3. The van der Waals surface area contributed by atoms with Crippen LogP contribution in [-0.4, -0.2) is 89.3 Å². The van der Waals surface area contributed by atoms with Gasteiger partial charge in [0.15, 0.2) is 34.4 Å². The first-order valence-electron chi connectivity index (χ1n) is 41.2. The third-order valence-corrected chi connectivity index (χ3v) is 24.9. The van der Waals surface area contributed by atoms with Crippen LogP contribution in [0.15, 0.2) is 297 Å². The predicted molar refractivity (Wildman–Crippen MR) is 514 cm³/mol. The van der Waals surface area contributed by atoms with Crippen LogP contribution in [0.3, 0.4) is 0 Å². The topological polar surface area (TPSA) is 154 Å². The van der Waals surface area contributed by atoms with Crippen molar-refractivity contribution < 1.29 is 94.9 Å². The molecular formula is C95H108BF6IN10NaO4PS6. The Labute approximate surface area is 792 Å². The first-order chi connectivity index (χ1) is 59.9. The van der Waals surface area contributed by atoms with E-state index < -0.39 is 35.2 Å². The minimum atomic E-state index is -10.7. The first kappa shape index (κ1) is 103. The molecule has 0 fully saturated rings.